The normalized spacial score (nSPS) is 12.0. The molecule has 0 heterocycles. The van der Waals surface area contributed by atoms with E-state index in [9.17, 15) is 14.4 Å². The average molecular weight is 366 g/mol. The van der Waals surface area contributed by atoms with E-state index in [1.807, 2.05) is 18.2 Å². The summed E-state index contributed by atoms with van der Waals surface area (Å²) in [6, 6.07) is 17.8. The van der Waals surface area contributed by atoms with Crippen LogP contribution in [0.4, 0.5) is 0 Å². The summed E-state index contributed by atoms with van der Waals surface area (Å²) in [5.74, 6) is -1.58. The molecule has 2 aromatic rings. The Bertz CT molecular complexity index is 830. The molecule has 0 bridgehead atoms. The van der Waals surface area contributed by atoms with Gasteiger partial charge in [0.2, 0.25) is 12.0 Å². The van der Waals surface area contributed by atoms with Crippen molar-refractivity contribution >= 4 is 23.9 Å². The van der Waals surface area contributed by atoms with Crippen LogP contribution >= 0.6 is 0 Å². The third-order valence-electron chi connectivity index (χ3n) is 3.63. The van der Waals surface area contributed by atoms with Crippen LogP contribution in [0.5, 0.6) is 0 Å². The number of hydrogen-bond donors (Lipinski definition) is 1. The molecule has 0 aliphatic heterocycles. The summed E-state index contributed by atoms with van der Waals surface area (Å²) in [7, 11) is 3.17. The zero-order valence-corrected chi connectivity index (χ0v) is 15.5. The highest BCUT2D eigenvalue weighted by Crippen LogP contribution is 2.21. The lowest BCUT2D eigenvalue weighted by Gasteiger charge is -2.22. The lowest BCUT2D eigenvalue weighted by atomic mass is 10.1. The number of rotatable bonds is 6. The molecule has 2 amide bonds. The van der Waals surface area contributed by atoms with E-state index >= 15 is 0 Å². The van der Waals surface area contributed by atoms with Gasteiger partial charge in [0.1, 0.15) is 5.70 Å². The molecule has 6 heteroatoms. The summed E-state index contributed by atoms with van der Waals surface area (Å²) >= 11 is 0. The van der Waals surface area contributed by atoms with Crippen molar-refractivity contribution < 1.29 is 19.1 Å². The highest BCUT2D eigenvalue weighted by Gasteiger charge is 2.28. The van der Waals surface area contributed by atoms with Crippen molar-refractivity contribution in [2.75, 3.05) is 14.1 Å². The summed E-state index contributed by atoms with van der Waals surface area (Å²) in [6.07, 6.45) is 0.396. The lowest BCUT2D eigenvalue weighted by Crippen LogP contribution is -2.33. The van der Waals surface area contributed by atoms with E-state index < -0.39 is 18.0 Å². The van der Waals surface area contributed by atoms with Crippen LogP contribution in [0.15, 0.2) is 66.4 Å². The van der Waals surface area contributed by atoms with Crippen LogP contribution in [0.1, 0.15) is 24.2 Å². The van der Waals surface area contributed by atoms with Crippen LogP contribution in [-0.4, -0.2) is 36.8 Å². The first-order valence-electron chi connectivity index (χ1n) is 8.40. The molecule has 0 saturated carbocycles. The summed E-state index contributed by atoms with van der Waals surface area (Å²) in [6.45, 7) is 1.30. The van der Waals surface area contributed by atoms with Gasteiger partial charge in [-0.15, -0.1) is 0 Å². The molecule has 0 aromatic heterocycles. The molecular weight excluding hydrogens is 344 g/mol. The van der Waals surface area contributed by atoms with Gasteiger partial charge < -0.3 is 15.0 Å². The third-order valence-corrected chi connectivity index (χ3v) is 3.63. The van der Waals surface area contributed by atoms with Gasteiger partial charge in [-0.3, -0.25) is 9.59 Å². The highest BCUT2D eigenvalue weighted by atomic mass is 16.5. The standard InChI is InChI=1S/C21H22N2O4/c1-15(24)22-18(14-16-10-6-4-7-11-16)21(26)27-19(20(25)23(2)3)17-12-8-5-9-13-17/h4-14,19H,1-3H3,(H,22,24)/b18-14-/t19-/m1/s1. The van der Waals surface area contributed by atoms with Crippen molar-refractivity contribution in [1.82, 2.24) is 10.2 Å². The number of likely N-dealkylation sites (N-methyl/N-ethyl adjacent to an activating group) is 1. The largest absolute Gasteiger partial charge is 0.443 e. The highest BCUT2D eigenvalue weighted by molar-refractivity contribution is 5.99. The number of benzene rings is 2. The van der Waals surface area contributed by atoms with E-state index in [-0.39, 0.29) is 11.6 Å². The fraction of sp³-hybridized carbons (Fsp3) is 0.190. The molecule has 1 N–H and O–H groups in total. The van der Waals surface area contributed by atoms with Gasteiger partial charge in [-0.1, -0.05) is 60.7 Å². The minimum Gasteiger partial charge on any atom is -0.443 e. The minimum atomic E-state index is -1.11. The first-order chi connectivity index (χ1) is 12.9. The van der Waals surface area contributed by atoms with E-state index in [1.54, 1.807) is 56.6 Å². The molecule has 0 unspecified atom stereocenters. The van der Waals surface area contributed by atoms with Crippen molar-refractivity contribution in [3.8, 4) is 0 Å². The van der Waals surface area contributed by atoms with Crippen LogP contribution in [0.25, 0.3) is 6.08 Å². The fourth-order valence-corrected chi connectivity index (χ4v) is 2.35. The minimum absolute atomic E-state index is 0.0406. The number of nitrogens with one attached hydrogen (secondary N) is 1. The second kappa shape index (κ2) is 9.33. The van der Waals surface area contributed by atoms with E-state index in [4.69, 9.17) is 4.74 Å². The quantitative estimate of drug-likeness (QED) is 0.630. The van der Waals surface area contributed by atoms with E-state index in [0.29, 0.717) is 11.1 Å². The van der Waals surface area contributed by atoms with Gasteiger partial charge in [-0.05, 0) is 11.6 Å². The van der Waals surface area contributed by atoms with Crippen LogP contribution in [-0.2, 0) is 19.1 Å². The second-order valence-corrected chi connectivity index (χ2v) is 6.08. The molecule has 1 atom stereocenters. The first-order valence-corrected chi connectivity index (χ1v) is 8.40. The van der Waals surface area contributed by atoms with Crippen molar-refractivity contribution in [2.24, 2.45) is 0 Å². The molecule has 0 saturated heterocycles. The number of nitrogens with zero attached hydrogens (tertiary/aromatic N) is 1. The fourth-order valence-electron chi connectivity index (χ4n) is 2.35. The third kappa shape index (κ3) is 5.81. The zero-order valence-electron chi connectivity index (χ0n) is 15.5. The van der Waals surface area contributed by atoms with Gasteiger partial charge in [-0.2, -0.15) is 0 Å². The number of carbonyl (C=O) groups is 3. The van der Waals surface area contributed by atoms with Crippen LogP contribution in [0, 0.1) is 0 Å². The molecule has 0 radical (unpaired) electrons. The molecule has 0 fully saturated rings. The Morgan fingerprint density at radius 2 is 1.52 bits per heavy atom. The van der Waals surface area contributed by atoms with Crippen molar-refractivity contribution in [3.05, 3.63) is 77.5 Å². The Kier molecular flexibility index (Phi) is 6.88. The maximum absolute atomic E-state index is 12.7. The van der Waals surface area contributed by atoms with E-state index in [2.05, 4.69) is 5.32 Å². The molecular formula is C21H22N2O4. The Hall–Kier alpha value is -3.41. The maximum atomic E-state index is 12.7. The summed E-state index contributed by atoms with van der Waals surface area (Å²) in [5.41, 5.74) is 1.22. The van der Waals surface area contributed by atoms with E-state index in [1.165, 1.54) is 17.9 Å². The Morgan fingerprint density at radius 1 is 0.963 bits per heavy atom. The summed E-state index contributed by atoms with van der Waals surface area (Å²) in [5, 5.41) is 2.48. The van der Waals surface area contributed by atoms with Crippen LogP contribution < -0.4 is 5.32 Å². The second-order valence-electron chi connectivity index (χ2n) is 6.08. The predicted molar refractivity (Wildman–Crippen MR) is 102 cm³/mol. The van der Waals surface area contributed by atoms with Crippen LogP contribution in [0.2, 0.25) is 0 Å². The molecule has 2 aromatic carbocycles. The topological polar surface area (TPSA) is 75.7 Å². The smallest absolute Gasteiger partial charge is 0.355 e. The van der Waals surface area contributed by atoms with Crippen molar-refractivity contribution in [2.45, 2.75) is 13.0 Å². The first kappa shape index (κ1) is 19.9. The number of hydrogen-bond acceptors (Lipinski definition) is 4. The monoisotopic (exact) mass is 366 g/mol. The van der Waals surface area contributed by atoms with E-state index in [0.717, 1.165) is 0 Å². The maximum Gasteiger partial charge on any atom is 0.355 e. The predicted octanol–water partition coefficient (Wildman–Crippen LogP) is 2.54. The molecule has 2 rings (SSSR count). The lowest BCUT2D eigenvalue weighted by molar-refractivity contribution is -0.157. The number of amides is 2. The molecule has 27 heavy (non-hydrogen) atoms. The van der Waals surface area contributed by atoms with Gasteiger partial charge in [0.15, 0.2) is 0 Å². The number of ether oxygens (including phenoxy) is 1. The Morgan fingerprint density at radius 3 is 2.04 bits per heavy atom. The van der Waals surface area contributed by atoms with Gasteiger partial charge in [0.25, 0.3) is 5.91 Å². The molecule has 0 aliphatic rings. The zero-order chi connectivity index (χ0) is 19.8. The summed E-state index contributed by atoms with van der Waals surface area (Å²) in [4.78, 5) is 38.1. The Labute approximate surface area is 158 Å². The molecule has 0 spiro atoms. The van der Waals surface area contributed by atoms with Gasteiger partial charge in [0.05, 0.1) is 0 Å². The number of esters is 1. The molecule has 6 nitrogen and oxygen atoms in total. The molecule has 0 aliphatic carbocycles. The van der Waals surface area contributed by atoms with Gasteiger partial charge in [0, 0.05) is 26.6 Å². The van der Waals surface area contributed by atoms with Crippen molar-refractivity contribution in [3.63, 3.8) is 0 Å². The van der Waals surface area contributed by atoms with Gasteiger partial charge in [-0.25, -0.2) is 4.79 Å². The Balaban J connectivity index is 2.33. The molecule has 140 valence electrons. The summed E-state index contributed by atoms with van der Waals surface area (Å²) < 4.78 is 5.48. The van der Waals surface area contributed by atoms with Crippen molar-refractivity contribution in [1.29, 1.82) is 0 Å². The van der Waals surface area contributed by atoms with Gasteiger partial charge >= 0.3 is 5.97 Å². The SMILES string of the molecule is CC(=O)N/C(=C\c1ccccc1)C(=O)O[C@@H](C(=O)N(C)C)c1ccccc1. The average Bonchev–Trinajstić information content (AvgIpc) is 2.66. The van der Waals surface area contributed by atoms with Crippen LogP contribution in [0.3, 0.4) is 0 Å². The number of carbonyl (C=O) groups excluding carboxylic acids is 3.